The normalized spacial score (nSPS) is 21.7. The molecule has 0 aromatic heterocycles. The SMILES string of the molecule is CC1C=CC(C(=O)N(C)C)=N1. The molecule has 1 amide bonds. The highest BCUT2D eigenvalue weighted by Gasteiger charge is 2.14. The van der Waals surface area contributed by atoms with E-state index in [9.17, 15) is 4.79 Å². The molecule has 0 aromatic rings. The predicted octanol–water partition coefficient (Wildman–Crippen LogP) is 0.474. The number of carbonyl (C=O) groups excluding carboxylic acids is 1. The summed E-state index contributed by atoms with van der Waals surface area (Å²) in [5, 5.41) is 0. The van der Waals surface area contributed by atoms with Crippen LogP contribution in [0.2, 0.25) is 0 Å². The minimum atomic E-state index is -0.0226. The molecule has 1 aliphatic heterocycles. The van der Waals surface area contributed by atoms with Gasteiger partial charge in [-0.05, 0) is 13.0 Å². The van der Waals surface area contributed by atoms with Crippen LogP contribution in [0.25, 0.3) is 0 Å². The maximum Gasteiger partial charge on any atom is 0.271 e. The van der Waals surface area contributed by atoms with Gasteiger partial charge in [0.15, 0.2) is 0 Å². The number of hydrogen-bond donors (Lipinski definition) is 0. The van der Waals surface area contributed by atoms with E-state index in [4.69, 9.17) is 0 Å². The van der Waals surface area contributed by atoms with Crippen LogP contribution in [0.1, 0.15) is 6.92 Å². The van der Waals surface area contributed by atoms with Crippen molar-refractivity contribution in [2.45, 2.75) is 13.0 Å². The quantitative estimate of drug-likeness (QED) is 0.537. The number of rotatable bonds is 1. The number of amides is 1. The van der Waals surface area contributed by atoms with Crippen molar-refractivity contribution < 1.29 is 4.79 Å². The molecule has 1 atom stereocenters. The Hall–Kier alpha value is -1.12. The fourth-order valence-corrected chi connectivity index (χ4v) is 0.891. The summed E-state index contributed by atoms with van der Waals surface area (Å²) >= 11 is 0. The van der Waals surface area contributed by atoms with Crippen molar-refractivity contribution in [3.05, 3.63) is 12.2 Å². The van der Waals surface area contributed by atoms with Crippen molar-refractivity contribution >= 4 is 11.6 Å². The van der Waals surface area contributed by atoms with Gasteiger partial charge in [0.25, 0.3) is 5.91 Å². The van der Waals surface area contributed by atoms with Gasteiger partial charge in [0, 0.05) is 14.1 Å². The molecule has 3 heteroatoms. The number of carbonyl (C=O) groups is 1. The second-order valence-electron chi connectivity index (χ2n) is 2.81. The summed E-state index contributed by atoms with van der Waals surface area (Å²) in [7, 11) is 3.45. The monoisotopic (exact) mass is 152 g/mol. The first kappa shape index (κ1) is 7.98. The predicted molar refractivity (Wildman–Crippen MR) is 44.7 cm³/mol. The van der Waals surface area contributed by atoms with Gasteiger partial charge < -0.3 is 4.90 Å². The lowest BCUT2D eigenvalue weighted by Gasteiger charge is -2.07. The molecule has 1 aliphatic rings. The van der Waals surface area contributed by atoms with Crippen LogP contribution in [0.3, 0.4) is 0 Å². The standard InChI is InChI=1S/C8H12N2O/c1-6-4-5-7(9-6)8(11)10(2)3/h4-6H,1-3H3. The molecule has 1 rings (SSSR count). The smallest absolute Gasteiger partial charge is 0.271 e. The van der Waals surface area contributed by atoms with Crippen LogP contribution >= 0.6 is 0 Å². The Bertz CT molecular complexity index is 228. The van der Waals surface area contributed by atoms with Crippen LogP contribution in [0.5, 0.6) is 0 Å². The van der Waals surface area contributed by atoms with Crippen molar-refractivity contribution in [3.8, 4) is 0 Å². The van der Waals surface area contributed by atoms with Gasteiger partial charge in [0.1, 0.15) is 5.71 Å². The van der Waals surface area contributed by atoms with Crippen molar-refractivity contribution in [1.82, 2.24) is 4.90 Å². The Labute approximate surface area is 66.4 Å². The molecule has 0 aromatic carbocycles. The largest absolute Gasteiger partial charge is 0.343 e. The van der Waals surface area contributed by atoms with E-state index in [-0.39, 0.29) is 11.9 Å². The first-order chi connectivity index (χ1) is 5.11. The molecule has 0 spiro atoms. The molecule has 0 saturated heterocycles. The fraction of sp³-hybridized carbons (Fsp3) is 0.500. The van der Waals surface area contributed by atoms with E-state index >= 15 is 0 Å². The maximum atomic E-state index is 11.2. The summed E-state index contributed by atoms with van der Waals surface area (Å²) in [5.41, 5.74) is 0.558. The molecule has 0 fully saturated rings. The zero-order valence-electron chi connectivity index (χ0n) is 7.03. The number of aliphatic imine (C=N–C) groups is 1. The number of hydrogen-bond acceptors (Lipinski definition) is 2. The van der Waals surface area contributed by atoms with E-state index < -0.39 is 0 Å². The molecule has 1 heterocycles. The Morgan fingerprint density at radius 3 is 2.64 bits per heavy atom. The molecule has 1 unspecified atom stereocenters. The summed E-state index contributed by atoms with van der Waals surface area (Å²) in [5.74, 6) is -0.0226. The molecule has 0 N–H and O–H groups in total. The third-order valence-electron chi connectivity index (χ3n) is 1.50. The summed E-state index contributed by atoms with van der Waals surface area (Å²) < 4.78 is 0. The number of nitrogens with zero attached hydrogens (tertiary/aromatic N) is 2. The molecular weight excluding hydrogens is 140 g/mol. The first-order valence-corrected chi connectivity index (χ1v) is 3.59. The lowest BCUT2D eigenvalue weighted by Crippen LogP contribution is -2.28. The summed E-state index contributed by atoms with van der Waals surface area (Å²) in [4.78, 5) is 16.9. The zero-order chi connectivity index (χ0) is 8.43. The van der Waals surface area contributed by atoms with E-state index in [2.05, 4.69) is 4.99 Å². The van der Waals surface area contributed by atoms with Gasteiger partial charge in [-0.1, -0.05) is 6.08 Å². The Balaban J connectivity index is 2.71. The highest BCUT2D eigenvalue weighted by Crippen LogP contribution is 2.04. The third-order valence-corrected chi connectivity index (χ3v) is 1.50. The van der Waals surface area contributed by atoms with Gasteiger partial charge in [-0.25, -0.2) is 0 Å². The Morgan fingerprint density at radius 1 is 1.64 bits per heavy atom. The van der Waals surface area contributed by atoms with Crippen molar-refractivity contribution in [2.75, 3.05) is 14.1 Å². The van der Waals surface area contributed by atoms with Crippen LogP contribution < -0.4 is 0 Å². The van der Waals surface area contributed by atoms with Gasteiger partial charge in [-0.2, -0.15) is 0 Å². The lowest BCUT2D eigenvalue weighted by atomic mass is 10.3. The molecular formula is C8H12N2O. The minimum Gasteiger partial charge on any atom is -0.343 e. The molecule has 0 bridgehead atoms. The van der Waals surface area contributed by atoms with Crippen LogP contribution in [0.15, 0.2) is 17.1 Å². The molecule has 0 radical (unpaired) electrons. The summed E-state index contributed by atoms with van der Waals surface area (Å²) in [6.07, 6.45) is 3.68. The molecule has 0 saturated carbocycles. The molecule has 0 aliphatic carbocycles. The second kappa shape index (κ2) is 2.86. The van der Waals surface area contributed by atoms with Crippen LogP contribution in [0.4, 0.5) is 0 Å². The second-order valence-corrected chi connectivity index (χ2v) is 2.81. The van der Waals surface area contributed by atoms with Crippen molar-refractivity contribution in [2.24, 2.45) is 4.99 Å². The van der Waals surface area contributed by atoms with Crippen LogP contribution in [-0.2, 0) is 4.79 Å². The molecule has 11 heavy (non-hydrogen) atoms. The fourth-order valence-electron chi connectivity index (χ4n) is 0.891. The Morgan fingerprint density at radius 2 is 2.27 bits per heavy atom. The highest BCUT2D eigenvalue weighted by molar-refractivity contribution is 6.43. The first-order valence-electron chi connectivity index (χ1n) is 3.59. The Kier molecular flexibility index (Phi) is 2.08. The van der Waals surface area contributed by atoms with Crippen LogP contribution in [-0.4, -0.2) is 36.7 Å². The van der Waals surface area contributed by atoms with E-state index in [0.29, 0.717) is 5.71 Å². The van der Waals surface area contributed by atoms with Crippen molar-refractivity contribution in [1.29, 1.82) is 0 Å². The molecule has 60 valence electrons. The van der Waals surface area contributed by atoms with Crippen LogP contribution in [0, 0.1) is 0 Å². The van der Waals surface area contributed by atoms with Gasteiger partial charge in [-0.3, -0.25) is 9.79 Å². The zero-order valence-corrected chi connectivity index (χ0v) is 7.03. The van der Waals surface area contributed by atoms with E-state index in [1.54, 1.807) is 20.2 Å². The molecule has 3 nitrogen and oxygen atoms in total. The minimum absolute atomic E-state index is 0.0226. The van der Waals surface area contributed by atoms with E-state index in [0.717, 1.165) is 0 Å². The lowest BCUT2D eigenvalue weighted by molar-refractivity contribution is -0.121. The highest BCUT2D eigenvalue weighted by atomic mass is 16.2. The van der Waals surface area contributed by atoms with E-state index in [1.807, 2.05) is 13.0 Å². The van der Waals surface area contributed by atoms with Gasteiger partial charge >= 0.3 is 0 Å². The average Bonchev–Trinajstić information content (AvgIpc) is 2.34. The third kappa shape index (κ3) is 1.67. The average molecular weight is 152 g/mol. The van der Waals surface area contributed by atoms with E-state index in [1.165, 1.54) is 4.90 Å². The summed E-state index contributed by atoms with van der Waals surface area (Å²) in [6, 6.07) is 0.161. The van der Waals surface area contributed by atoms with Gasteiger partial charge in [-0.15, -0.1) is 0 Å². The summed E-state index contributed by atoms with van der Waals surface area (Å²) in [6.45, 7) is 1.95. The topological polar surface area (TPSA) is 32.7 Å². The van der Waals surface area contributed by atoms with Gasteiger partial charge in [0.2, 0.25) is 0 Å². The van der Waals surface area contributed by atoms with Crippen molar-refractivity contribution in [3.63, 3.8) is 0 Å². The van der Waals surface area contributed by atoms with Gasteiger partial charge in [0.05, 0.1) is 6.04 Å². The maximum absolute atomic E-state index is 11.2.